The molecule has 0 atom stereocenters. The standard InChI is InChI=1S/C21H21FN4O2S2/c1-21(2,3)14-10-8-13(9-11-14)18(28)24-19-25-26-20(30-19)29-12-17(27)23-16-7-5-4-6-15(16)22/h4-11H,12H2,1-3H3,(H,23,27)(H,24,25,28). The second-order valence-corrected chi connectivity index (χ2v) is 9.67. The third-order valence-electron chi connectivity index (χ3n) is 4.11. The van der Waals surface area contributed by atoms with Gasteiger partial charge in [0, 0.05) is 5.56 Å². The molecule has 0 fully saturated rings. The molecule has 2 aromatic carbocycles. The fourth-order valence-electron chi connectivity index (χ4n) is 2.49. The number of halogens is 1. The molecule has 2 N–H and O–H groups in total. The van der Waals surface area contributed by atoms with Crippen molar-refractivity contribution in [2.24, 2.45) is 0 Å². The lowest BCUT2D eigenvalue weighted by molar-refractivity contribution is -0.113. The number of nitrogens with zero attached hydrogens (tertiary/aromatic N) is 2. The van der Waals surface area contributed by atoms with Gasteiger partial charge in [0.15, 0.2) is 4.34 Å². The number of anilines is 2. The van der Waals surface area contributed by atoms with E-state index in [1.165, 1.54) is 23.5 Å². The summed E-state index contributed by atoms with van der Waals surface area (Å²) in [6.07, 6.45) is 0. The maximum Gasteiger partial charge on any atom is 0.257 e. The smallest absolute Gasteiger partial charge is 0.257 e. The largest absolute Gasteiger partial charge is 0.323 e. The van der Waals surface area contributed by atoms with E-state index in [1.54, 1.807) is 24.3 Å². The molecule has 1 heterocycles. The van der Waals surface area contributed by atoms with Crippen molar-refractivity contribution in [3.63, 3.8) is 0 Å². The summed E-state index contributed by atoms with van der Waals surface area (Å²) in [4.78, 5) is 24.4. The first-order chi connectivity index (χ1) is 14.2. The minimum atomic E-state index is -0.493. The monoisotopic (exact) mass is 444 g/mol. The molecular weight excluding hydrogens is 423 g/mol. The average Bonchev–Trinajstić information content (AvgIpc) is 3.15. The van der Waals surface area contributed by atoms with Crippen molar-refractivity contribution in [1.29, 1.82) is 0 Å². The Morgan fingerprint density at radius 1 is 1.03 bits per heavy atom. The number of hydrogen-bond donors (Lipinski definition) is 2. The van der Waals surface area contributed by atoms with Crippen LogP contribution in [0.25, 0.3) is 0 Å². The zero-order chi connectivity index (χ0) is 21.7. The number of carbonyl (C=O) groups excluding carboxylic acids is 2. The van der Waals surface area contributed by atoms with E-state index in [4.69, 9.17) is 0 Å². The molecule has 0 saturated carbocycles. The van der Waals surface area contributed by atoms with Crippen molar-refractivity contribution in [3.8, 4) is 0 Å². The zero-order valence-corrected chi connectivity index (χ0v) is 18.4. The first-order valence-electron chi connectivity index (χ1n) is 9.15. The highest BCUT2D eigenvalue weighted by Gasteiger charge is 2.16. The van der Waals surface area contributed by atoms with Gasteiger partial charge in [0.05, 0.1) is 11.4 Å². The van der Waals surface area contributed by atoms with Gasteiger partial charge in [-0.2, -0.15) is 0 Å². The number of hydrogen-bond acceptors (Lipinski definition) is 6. The summed E-state index contributed by atoms with van der Waals surface area (Å²) >= 11 is 2.33. The molecule has 0 bridgehead atoms. The van der Waals surface area contributed by atoms with Gasteiger partial charge in [-0.25, -0.2) is 4.39 Å². The van der Waals surface area contributed by atoms with E-state index in [-0.39, 0.29) is 28.7 Å². The van der Waals surface area contributed by atoms with Crippen LogP contribution in [-0.4, -0.2) is 27.8 Å². The summed E-state index contributed by atoms with van der Waals surface area (Å²) < 4.78 is 14.1. The molecule has 2 amide bonds. The first kappa shape index (κ1) is 21.9. The molecule has 156 valence electrons. The molecule has 1 aromatic heterocycles. The van der Waals surface area contributed by atoms with Crippen LogP contribution < -0.4 is 10.6 Å². The molecule has 6 nitrogen and oxygen atoms in total. The van der Waals surface area contributed by atoms with Gasteiger partial charge < -0.3 is 5.32 Å². The van der Waals surface area contributed by atoms with E-state index >= 15 is 0 Å². The molecule has 0 spiro atoms. The van der Waals surface area contributed by atoms with E-state index < -0.39 is 5.82 Å². The lowest BCUT2D eigenvalue weighted by Gasteiger charge is -2.18. The molecule has 3 rings (SSSR count). The number of rotatable bonds is 6. The lowest BCUT2D eigenvalue weighted by atomic mass is 9.87. The normalized spacial score (nSPS) is 11.2. The summed E-state index contributed by atoms with van der Waals surface area (Å²) in [5, 5.41) is 13.5. The molecule has 0 aliphatic carbocycles. The Balaban J connectivity index is 1.53. The molecule has 0 aliphatic heterocycles. The van der Waals surface area contributed by atoms with E-state index in [9.17, 15) is 14.0 Å². The lowest BCUT2D eigenvalue weighted by Crippen LogP contribution is -2.14. The minimum Gasteiger partial charge on any atom is -0.323 e. The highest BCUT2D eigenvalue weighted by molar-refractivity contribution is 8.01. The van der Waals surface area contributed by atoms with E-state index in [0.29, 0.717) is 15.0 Å². The fourth-order valence-corrected chi connectivity index (χ4v) is 4.03. The molecule has 30 heavy (non-hydrogen) atoms. The van der Waals surface area contributed by atoms with Crippen molar-refractivity contribution < 1.29 is 14.0 Å². The number of para-hydroxylation sites is 1. The van der Waals surface area contributed by atoms with Crippen molar-refractivity contribution in [1.82, 2.24) is 10.2 Å². The molecular formula is C21H21FN4O2S2. The zero-order valence-electron chi connectivity index (χ0n) is 16.7. The van der Waals surface area contributed by atoms with Crippen LogP contribution in [0, 0.1) is 5.82 Å². The van der Waals surface area contributed by atoms with Gasteiger partial charge in [-0.3, -0.25) is 14.9 Å². The van der Waals surface area contributed by atoms with Crippen molar-refractivity contribution in [3.05, 3.63) is 65.5 Å². The number of benzene rings is 2. The predicted octanol–water partition coefficient (Wildman–Crippen LogP) is 4.96. The van der Waals surface area contributed by atoms with E-state index in [0.717, 1.165) is 17.3 Å². The Hall–Kier alpha value is -2.78. The molecule has 0 unspecified atom stereocenters. The molecule has 0 radical (unpaired) electrons. The van der Waals surface area contributed by atoms with Gasteiger partial charge in [-0.15, -0.1) is 10.2 Å². The van der Waals surface area contributed by atoms with Crippen LogP contribution in [0.3, 0.4) is 0 Å². The fraction of sp³-hybridized carbons (Fsp3) is 0.238. The van der Waals surface area contributed by atoms with Crippen LogP contribution >= 0.6 is 23.1 Å². The maximum atomic E-state index is 13.6. The van der Waals surface area contributed by atoms with Gasteiger partial charge in [0.1, 0.15) is 5.82 Å². The van der Waals surface area contributed by atoms with Crippen LogP contribution in [0.4, 0.5) is 15.2 Å². The minimum absolute atomic E-state index is 0.0128. The van der Waals surface area contributed by atoms with Crippen LogP contribution in [0.1, 0.15) is 36.7 Å². The Bertz CT molecular complexity index is 1050. The Morgan fingerprint density at radius 3 is 2.40 bits per heavy atom. The molecule has 3 aromatic rings. The second kappa shape index (κ2) is 9.36. The van der Waals surface area contributed by atoms with Crippen LogP contribution in [-0.2, 0) is 10.2 Å². The summed E-state index contributed by atoms with van der Waals surface area (Å²) in [6, 6.07) is 13.4. The summed E-state index contributed by atoms with van der Waals surface area (Å²) in [5.41, 5.74) is 1.81. The maximum absolute atomic E-state index is 13.6. The summed E-state index contributed by atoms with van der Waals surface area (Å²) in [5.74, 6) is -1.08. The number of aromatic nitrogens is 2. The van der Waals surface area contributed by atoms with Crippen LogP contribution in [0.15, 0.2) is 52.9 Å². The highest BCUT2D eigenvalue weighted by atomic mass is 32.2. The van der Waals surface area contributed by atoms with Gasteiger partial charge in [0.2, 0.25) is 11.0 Å². The third kappa shape index (κ3) is 5.87. The third-order valence-corrected chi connectivity index (χ3v) is 6.09. The van der Waals surface area contributed by atoms with Crippen molar-refractivity contribution in [2.75, 3.05) is 16.4 Å². The Kier molecular flexibility index (Phi) is 6.84. The quantitative estimate of drug-likeness (QED) is 0.415. The summed E-state index contributed by atoms with van der Waals surface area (Å²) in [7, 11) is 0. The Morgan fingerprint density at radius 2 is 1.73 bits per heavy atom. The van der Waals surface area contributed by atoms with Crippen molar-refractivity contribution in [2.45, 2.75) is 30.5 Å². The summed E-state index contributed by atoms with van der Waals surface area (Å²) in [6.45, 7) is 6.33. The number of nitrogens with one attached hydrogen (secondary N) is 2. The topological polar surface area (TPSA) is 84.0 Å². The highest BCUT2D eigenvalue weighted by Crippen LogP contribution is 2.27. The molecule has 0 aliphatic rings. The van der Waals surface area contributed by atoms with Gasteiger partial charge in [-0.1, -0.05) is 68.1 Å². The molecule has 9 heteroatoms. The SMILES string of the molecule is CC(C)(C)c1ccc(C(=O)Nc2nnc(SCC(=O)Nc3ccccc3F)s2)cc1. The van der Waals surface area contributed by atoms with Gasteiger partial charge in [-0.05, 0) is 35.2 Å². The van der Waals surface area contributed by atoms with E-state index in [1.807, 2.05) is 12.1 Å². The molecule has 0 saturated heterocycles. The van der Waals surface area contributed by atoms with Gasteiger partial charge in [0.25, 0.3) is 5.91 Å². The first-order valence-corrected chi connectivity index (χ1v) is 10.9. The van der Waals surface area contributed by atoms with Crippen LogP contribution in [0.2, 0.25) is 0 Å². The van der Waals surface area contributed by atoms with E-state index in [2.05, 4.69) is 41.6 Å². The van der Waals surface area contributed by atoms with Crippen LogP contribution in [0.5, 0.6) is 0 Å². The Labute approximate surface area is 182 Å². The number of carbonyl (C=O) groups is 2. The average molecular weight is 445 g/mol. The van der Waals surface area contributed by atoms with Crippen molar-refractivity contribution >= 4 is 45.7 Å². The number of amides is 2. The predicted molar refractivity (Wildman–Crippen MR) is 119 cm³/mol. The number of thioether (sulfide) groups is 1. The van der Waals surface area contributed by atoms with Gasteiger partial charge >= 0.3 is 0 Å². The second-order valence-electron chi connectivity index (χ2n) is 7.47.